The number of aryl methyl sites for hydroxylation is 1. The van der Waals surface area contributed by atoms with Gasteiger partial charge in [-0.2, -0.15) is 5.10 Å². The molecule has 21 heavy (non-hydrogen) atoms. The summed E-state index contributed by atoms with van der Waals surface area (Å²) in [7, 11) is 1.66. The number of methoxy groups -OCH3 is 1. The summed E-state index contributed by atoms with van der Waals surface area (Å²) in [6, 6.07) is 9.80. The Balaban J connectivity index is 0.000000489. The van der Waals surface area contributed by atoms with Gasteiger partial charge >= 0.3 is 0 Å². The summed E-state index contributed by atoms with van der Waals surface area (Å²) in [5, 5.41) is 4.22. The number of nitrogens with zero attached hydrogens (tertiary/aromatic N) is 2. The van der Waals surface area contributed by atoms with E-state index in [1.807, 2.05) is 55.8 Å². The Kier molecular flexibility index (Phi) is 8.44. The molecule has 3 heteroatoms. The smallest absolute Gasteiger partial charge is 0.119 e. The average Bonchev–Trinajstić information content (AvgIpc) is 2.86. The summed E-state index contributed by atoms with van der Waals surface area (Å²) >= 11 is 0. The Morgan fingerprint density at radius 2 is 1.43 bits per heavy atom. The van der Waals surface area contributed by atoms with Crippen LogP contribution in [0.4, 0.5) is 0 Å². The van der Waals surface area contributed by atoms with Gasteiger partial charge in [0.2, 0.25) is 0 Å². The van der Waals surface area contributed by atoms with Crippen LogP contribution >= 0.6 is 0 Å². The lowest BCUT2D eigenvalue weighted by molar-refractivity contribution is 0.414. The lowest BCUT2D eigenvalue weighted by Gasteiger charge is -2.05. The summed E-state index contributed by atoms with van der Waals surface area (Å²) < 4.78 is 6.98. The zero-order valence-electron chi connectivity index (χ0n) is 14.8. The highest BCUT2D eigenvalue weighted by Gasteiger charge is 2.00. The third kappa shape index (κ3) is 8.18. The van der Waals surface area contributed by atoms with Crippen LogP contribution in [-0.4, -0.2) is 16.9 Å². The summed E-state index contributed by atoms with van der Waals surface area (Å²) in [4.78, 5) is 0. The fourth-order valence-corrected chi connectivity index (χ4v) is 1.36. The maximum absolute atomic E-state index is 5.09. The Morgan fingerprint density at radius 1 is 0.952 bits per heavy atom. The maximum atomic E-state index is 5.09. The minimum atomic E-state index is 0.500. The van der Waals surface area contributed by atoms with Crippen LogP contribution in [0.5, 0.6) is 5.75 Å². The molecule has 2 aromatic rings. The second-order valence-electron chi connectivity index (χ2n) is 6.08. The van der Waals surface area contributed by atoms with E-state index in [0.717, 1.165) is 17.1 Å². The molecule has 0 bridgehead atoms. The molecule has 0 radical (unpaired) electrons. The first-order chi connectivity index (χ1) is 9.81. The fraction of sp³-hybridized carbons (Fsp3) is 0.500. The van der Waals surface area contributed by atoms with E-state index in [9.17, 15) is 0 Å². The quantitative estimate of drug-likeness (QED) is 0.753. The van der Waals surface area contributed by atoms with Crippen molar-refractivity contribution in [3.8, 4) is 11.4 Å². The van der Waals surface area contributed by atoms with Gasteiger partial charge in [0, 0.05) is 11.9 Å². The summed E-state index contributed by atoms with van der Waals surface area (Å²) in [5.74, 6) is 0.860. The highest BCUT2D eigenvalue weighted by Crippen LogP contribution is 2.15. The van der Waals surface area contributed by atoms with Gasteiger partial charge < -0.3 is 4.74 Å². The van der Waals surface area contributed by atoms with Gasteiger partial charge in [0.05, 0.1) is 12.8 Å². The zero-order chi connectivity index (χ0) is 16.5. The van der Waals surface area contributed by atoms with Crippen LogP contribution < -0.4 is 4.74 Å². The van der Waals surface area contributed by atoms with E-state index >= 15 is 0 Å². The molecule has 3 nitrogen and oxygen atoms in total. The van der Waals surface area contributed by atoms with Crippen LogP contribution in [0.3, 0.4) is 0 Å². The number of aromatic nitrogens is 2. The first-order valence-corrected chi connectivity index (χ1v) is 7.46. The van der Waals surface area contributed by atoms with Crippen molar-refractivity contribution < 1.29 is 4.74 Å². The molecular formula is C18H30N2O. The van der Waals surface area contributed by atoms with Crippen molar-refractivity contribution in [2.75, 3.05) is 7.11 Å². The molecule has 118 valence electrons. The third-order valence-corrected chi connectivity index (χ3v) is 2.15. The molecule has 0 N–H and O–H groups in total. The molecule has 0 spiro atoms. The van der Waals surface area contributed by atoms with Crippen LogP contribution in [0.1, 0.15) is 47.2 Å². The Morgan fingerprint density at radius 3 is 1.76 bits per heavy atom. The van der Waals surface area contributed by atoms with E-state index in [1.165, 1.54) is 0 Å². The normalized spacial score (nSPS) is 9.90. The van der Waals surface area contributed by atoms with Crippen LogP contribution in [0.25, 0.3) is 5.69 Å². The minimum Gasteiger partial charge on any atom is -0.497 e. The summed E-state index contributed by atoms with van der Waals surface area (Å²) in [6.07, 6.45) is 1.79. The van der Waals surface area contributed by atoms with Gasteiger partial charge in [-0.25, -0.2) is 4.68 Å². The summed E-state index contributed by atoms with van der Waals surface area (Å²) in [5.41, 5.74) is 2.67. The SMILES string of the molecule is CC.CC(C)(C)C.COc1ccc(-n2nccc2C)cc1. The summed E-state index contributed by atoms with van der Waals surface area (Å²) in [6.45, 7) is 14.8. The maximum Gasteiger partial charge on any atom is 0.119 e. The molecule has 1 heterocycles. The zero-order valence-corrected chi connectivity index (χ0v) is 14.8. The van der Waals surface area contributed by atoms with Gasteiger partial charge in [0.25, 0.3) is 0 Å². The van der Waals surface area contributed by atoms with Crippen molar-refractivity contribution in [2.24, 2.45) is 5.41 Å². The van der Waals surface area contributed by atoms with Gasteiger partial charge in [0.1, 0.15) is 5.75 Å². The van der Waals surface area contributed by atoms with Crippen molar-refractivity contribution >= 4 is 0 Å². The van der Waals surface area contributed by atoms with Gasteiger partial charge in [0.15, 0.2) is 0 Å². The van der Waals surface area contributed by atoms with Gasteiger partial charge in [-0.15, -0.1) is 0 Å². The highest BCUT2D eigenvalue weighted by atomic mass is 16.5. The Labute approximate surface area is 130 Å². The first-order valence-electron chi connectivity index (χ1n) is 7.46. The van der Waals surface area contributed by atoms with E-state index in [-0.39, 0.29) is 0 Å². The Hall–Kier alpha value is -1.77. The third-order valence-electron chi connectivity index (χ3n) is 2.15. The fourth-order valence-electron chi connectivity index (χ4n) is 1.36. The lowest BCUT2D eigenvalue weighted by atomic mass is 10.0. The van der Waals surface area contributed by atoms with E-state index in [2.05, 4.69) is 32.8 Å². The van der Waals surface area contributed by atoms with E-state index in [0.29, 0.717) is 5.41 Å². The van der Waals surface area contributed by atoms with Gasteiger partial charge in [-0.1, -0.05) is 41.5 Å². The molecule has 0 saturated heterocycles. The number of benzene rings is 1. The molecule has 0 fully saturated rings. The van der Waals surface area contributed by atoms with Crippen molar-refractivity contribution in [1.29, 1.82) is 0 Å². The topological polar surface area (TPSA) is 27.1 Å². The van der Waals surface area contributed by atoms with Crippen LogP contribution in [-0.2, 0) is 0 Å². The molecule has 2 rings (SSSR count). The van der Waals surface area contributed by atoms with E-state index in [4.69, 9.17) is 4.74 Å². The molecule has 1 aromatic heterocycles. The molecule has 0 unspecified atom stereocenters. The first kappa shape index (κ1) is 19.2. The van der Waals surface area contributed by atoms with Crippen molar-refractivity contribution in [3.63, 3.8) is 0 Å². The second kappa shape index (κ2) is 9.22. The number of ether oxygens (including phenoxy) is 1. The van der Waals surface area contributed by atoms with Crippen LogP contribution in [0.2, 0.25) is 0 Å². The second-order valence-corrected chi connectivity index (χ2v) is 6.08. The van der Waals surface area contributed by atoms with Gasteiger partial charge in [-0.3, -0.25) is 0 Å². The number of hydrogen-bond acceptors (Lipinski definition) is 2. The predicted octanol–water partition coefficient (Wildman–Crippen LogP) is 5.27. The van der Waals surface area contributed by atoms with Gasteiger partial charge in [-0.05, 0) is 42.7 Å². The van der Waals surface area contributed by atoms with Crippen LogP contribution in [0, 0.1) is 12.3 Å². The average molecular weight is 290 g/mol. The monoisotopic (exact) mass is 290 g/mol. The molecule has 0 aliphatic rings. The van der Waals surface area contributed by atoms with E-state index < -0.39 is 0 Å². The van der Waals surface area contributed by atoms with Crippen molar-refractivity contribution in [2.45, 2.75) is 48.5 Å². The highest BCUT2D eigenvalue weighted by molar-refractivity contribution is 5.37. The number of rotatable bonds is 2. The number of hydrogen-bond donors (Lipinski definition) is 0. The molecular weight excluding hydrogens is 260 g/mol. The molecule has 0 aliphatic heterocycles. The van der Waals surface area contributed by atoms with E-state index in [1.54, 1.807) is 13.3 Å². The molecule has 0 atom stereocenters. The minimum absolute atomic E-state index is 0.500. The Bertz CT molecular complexity index is 487. The predicted molar refractivity (Wildman–Crippen MR) is 91.3 cm³/mol. The molecule has 0 aliphatic carbocycles. The van der Waals surface area contributed by atoms with Crippen molar-refractivity contribution in [3.05, 3.63) is 42.2 Å². The standard InChI is InChI=1S/C11H12N2O.C5H12.C2H6/c1-9-7-8-12-13(9)10-3-5-11(14-2)6-4-10;1-5(2,3)4;1-2/h3-8H,1-2H3;1-4H3;1-2H3. The van der Waals surface area contributed by atoms with Crippen LogP contribution in [0.15, 0.2) is 36.5 Å². The largest absolute Gasteiger partial charge is 0.497 e. The molecule has 0 amide bonds. The lowest BCUT2D eigenvalue weighted by Crippen LogP contribution is -1.97. The van der Waals surface area contributed by atoms with Crippen molar-refractivity contribution in [1.82, 2.24) is 9.78 Å². The molecule has 1 aromatic carbocycles. The molecule has 0 saturated carbocycles.